The van der Waals surface area contributed by atoms with Gasteiger partial charge < -0.3 is 35.6 Å². The third kappa shape index (κ3) is 7.10. The Hall–Kier alpha value is -3.66. The Morgan fingerprint density at radius 1 is 1.18 bits per heavy atom. The van der Waals surface area contributed by atoms with Crippen LogP contribution in [0.1, 0.15) is 16.6 Å². The molecule has 1 aliphatic rings. The van der Waals surface area contributed by atoms with Crippen LogP contribution in [0.2, 0.25) is 25.7 Å². The number of carbonyl (C=O) groups excluding carboxylic acids is 2. The van der Waals surface area contributed by atoms with Crippen molar-refractivity contribution in [2.45, 2.75) is 50.3 Å². The van der Waals surface area contributed by atoms with Crippen LogP contribution < -0.4 is 16.0 Å². The molecule has 1 aromatic carbocycles. The lowest BCUT2D eigenvalue weighted by atomic mass is 10.1. The Labute approximate surface area is 231 Å². The highest BCUT2D eigenvalue weighted by atomic mass is 28.3. The number of nitrogens with zero attached hydrogens (tertiary/aromatic N) is 4. The lowest BCUT2D eigenvalue weighted by Gasteiger charge is -2.17. The second kappa shape index (κ2) is 12.7. The number of nitrogens with one attached hydrogen (secondary N) is 3. The Morgan fingerprint density at radius 3 is 2.60 bits per heavy atom. The van der Waals surface area contributed by atoms with Gasteiger partial charge in [0.15, 0.2) is 29.4 Å². The number of benzene rings is 1. The number of ether oxygens (including phenoxy) is 2. The lowest BCUT2D eigenvalue weighted by Crippen LogP contribution is -2.31. The molecule has 216 valence electrons. The third-order valence-electron chi connectivity index (χ3n) is 6.19. The molecule has 1 fully saturated rings. The van der Waals surface area contributed by atoms with Crippen molar-refractivity contribution < 1.29 is 33.7 Å². The zero-order chi connectivity index (χ0) is 28.9. The van der Waals surface area contributed by atoms with Crippen molar-refractivity contribution in [3.8, 4) is 0 Å². The number of carbonyl (C=O) groups is 2. The Kier molecular flexibility index (Phi) is 9.29. The van der Waals surface area contributed by atoms with Crippen molar-refractivity contribution in [1.82, 2.24) is 24.8 Å². The monoisotopic (exact) mass is 575 g/mol. The van der Waals surface area contributed by atoms with Crippen molar-refractivity contribution in [3.63, 3.8) is 0 Å². The van der Waals surface area contributed by atoms with Gasteiger partial charge >= 0.3 is 6.09 Å². The largest absolute Gasteiger partial charge is 0.450 e. The van der Waals surface area contributed by atoms with Crippen LogP contribution in [-0.4, -0.2) is 94.5 Å². The molecule has 0 radical (unpaired) electrons. The number of imidazole rings is 1. The van der Waals surface area contributed by atoms with Gasteiger partial charge in [-0.25, -0.2) is 14.2 Å². The minimum absolute atomic E-state index is 0.0711. The van der Waals surface area contributed by atoms with E-state index >= 15 is 0 Å². The van der Waals surface area contributed by atoms with E-state index in [-0.39, 0.29) is 36.0 Å². The number of aliphatic hydroxyl groups is 2. The molecule has 0 bridgehead atoms. The number of alkyl halides is 1. The van der Waals surface area contributed by atoms with Crippen LogP contribution in [0.3, 0.4) is 0 Å². The summed E-state index contributed by atoms with van der Waals surface area (Å²) in [6.45, 7) is 6.74. The molecule has 2 aromatic heterocycles. The molecule has 4 atom stereocenters. The number of halogens is 1. The van der Waals surface area contributed by atoms with Gasteiger partial charge in [0.25, 0.3) is 5.91 Å². The van der Waals surface area contributed by atoms with Crippen LogP contribution in [0.15, 0.2) is 36.7 Å². The number of anilines is 2. The maximum atomic E-state index is 14.4. The van der Waals surface area contributed by atoms with E-state index in [2.05, 4.69) is 50.5 Å². The van der Waals surface area contributed by atoms with E-state index in [0.717, 1.165) is 6.04 Å². The van der Waals surface area contributed by atoms with Crippen molar-refractivity contribution in [3.05, 3.63) is 42.2 Å². The topological polar surface area (TPSA) is 173 Å². The second-order valence-electron chi connectivity index (χ2n) is 10.5. The SMILES string of the molecule is C[Si](C)(C)CCOC(=O)NCCNc1nc(NC(=O)c2ccccc2)c2ncn([C@@H]3O[C@H](CO)[C@@H](F)[C@H]3O)c2n1. The van der Waals surface area contributed by atoms with Crippen LogP contribution >= 0.6 is 0 Å². The van der Waals surface area contributed by atoms with Gasteiger partial charge in [0.1, 0.15) is 12.2 Å². The van der Waals surface area contributed by atoms with E-state index < -0.39 is 51.3 Å². The van der Waals surface area contributed by atoms with E-state index in [1.165, 1.54) is 10.9 Å². The maximum absolute atomic E-state index is 14.4. The smallest absolute Gasteiger partial charge is 0.407 e. The van der Waals surface area contributed by atoms with Crippen LogP contribution in [0.4, 0.5) is 21.0 Å². The summed E-state index contributed by atoms with van der Waals surface area (Å²) in [5, 5.41) is 28.2. The number of alkyl carbamates (subject to hydrolysis) is 1. The van der Waals surface area contributed by atoms with Crippen molar-refractivity contribution in [2.75, 3.05) is 36.9 Å². The molecule has 5 N–H and O–H groups in total. The zero-order valence-electron chi connectivity index (χ0n) is 22.5. The highest BCUT2D eigenvalue weighted by molar-refractivity contribution is 6.76. The van der Waals surface area contributed by atoms with E-state index in [1.54, 1.807) is 30.3 Å². The summed E-state index contributed by atoms with van der Waals surface area (Å²) in [6.07, 6.45) is -5.08. The first-order chi connectivity index (χ1) is 19.1. The molecule has 0 saturated carbocycles. The second-order valence-corrected chi connectivity index (χ2v) is 16.1. The fraction of sp³-hybridized carbons (Fsp3) is 0.480. The predicted octanol–water partition coefficient (Wildman–Crippen LogP) is 2.14. The van der Waals surface area contributed by atoms with Crippen molar-refractivity contribution in [1.29, 1.82) is 0 Å². The number of hydrogen-bond acceptors (Lipinski definition) is 10. The number of rotatable bonds is 11. The van der Waals surface area contributed by atoms with Crippen molar-refractivity contribution >= 4 is 43.0 Å². The third-order valence-corrected chi connectivity index (χ3v) is 7.90. The van der Waals surface area contributed by atoms with Crippen LogP contribution in [-0.2, 0) is 9.47 Å². The van der Waals surface area contributed by atoms with Crippen LogP contribution in [0, 0.1) is 0 Å². The molecule has 4 rings (SSSR count). The first-order valence-electron chi connectivity index (χ1n) is 12.9. The number of amides is 2. The summed E-state index contributed by atoms with van der Waals surface area (Å²) in [5.41, 5.74) is 0.715. The number of aromatic nitrogens is 4. The van der Waals surface area contributed by atoms with Gasteiger partial charge in [-0.15, -0.1) is 0 Å². The Bertz CT molecular complexity index is 1320. The summed E-state index contributed by atoms with van der Waals surface area (Å²) >= 11 is 0. The highest BCUT2D eigenvalue weighted by Crippen LogP contribution is 2.34. The fourth-order valence-corrected chi connectivity index (χ4v) is 4.68. The molecular formula is C25H34FN7O6Si. The molecule has 0 unspecified atom stereocenters. The number of fused-ring (bicyclic) bond motifs is 1. The Balaban J connectivity index is 1.52. The van der Waals surface area contributed by atoms with Gasteiger partial charge in [0.05, 0.1) is 19.5 Å². The fourth-order valence-electron chi connectivity index (χ4n) is 3.96. The number of aliphatic hydroxyl groups excluding tert-OH is 2. The lowest BCUT2D eigenvalue weighted by molar-refractivity contribution is -0.0495. The maximum Gasteiger partial charge on any atom is 0.407 e. The van der Waals surface area contributed by atoms with E-state index in [4.69, 9.17) is 9.47 Å². The van der Waals surface area contributed by atoms with Crippen LogP contribution in [0.5, 0.6) is 0 Å². The summed E-state index contributed by atoms with van der Waals surface area (Å²) < 4.78 is 26.5. The molecule has 3 heterocycles. The minimum atomic E-state index is -1.82. The molecule has 1 aliphatic heterocycles. The highest BCUT2D eigenvalue weighted by Gasteiger charge is 2.45. The van der Waals surface area contributed by atoms with E-state index in [0.29, 0.717) is 12.2 Å². The van der Waals surface area contributed by atoms with E-state index in [1.807, 2.05) is 0 Å². The van der Waals surface area contributed by atoms with Crippen LogP contribution in [0.25, 0.3) is 11.2 Å². The number of hydrogen-bond donors (Lipinski definition) is 5. The zero-order valence-corrected chi connectivity index (χ0v) is 23.5. The van der Waals surface area contributed by atoms with Crippen molar-refractivity contribution in [2.24, 2.45) is 0 Å². The van der Waals surface area contributed by atoms with Gasteiger partial charge in [-0.1, -0.05) is 37.8 Å². The van der Waals surface area contributed by atoms with Gasteiger partial charge in [0, 0.05) is 26.7 Å². The summed E-state index contributed by atoms with van der Waals surface area (Å²) in [7, 11) is -1.32. The molecule has 40 heavy (non-hydrogen) atoms. The first kappa shape index (κ1) is 29.3. The summed E-state index contributed by atoms with van der Waals surface area (Å²) in [6, 6.07) is 9.36. The molecule has 15 heteroatoms. The summed E-state index contributed by atoms with van der Waals surface area (Å²) in [4.78, 5) is 37.9. The average molecular weight is 576 g/mol. The molecule has 0 spiro atoms. The first-order valence-corrected chi connectivity index (χ1v) is 16.6. The molecule has 0 aliphatic carbocycles. The van der Waals surface area contributed by atoms with E-state index in [9.17, 15) is 24.2 Å². The van der Waals surface area contributed by atoms with Gasteiger partial charge in [-0.2, -0.15) is 9.97 Å². The molecule has 1 saturated heterocycles. The standard InChI is InChI=1S/C25H34FN7O6Si/c1-40(2,3)12-11-38-25(37)28-10-9-27-24-31-20(30-22(36)15-7-5-4-6-8-15)18-21(32-24)33(14-29-18)23-19(35)17(26)16(13-34)39-23/h4-8,14,16-17,19,23,34-35H,9-13H2,1-3H3,(H,28,37)(H2,27,30,31,32,36)/t16-,17-,19-,23-/m1/s1. The predicted molar refractivity (Wildman–Crippen MR) is 148 cm³/mol. The van der Waals surface area contributed by atoms with Gasteiger partial charge in [0.2, 0.25) is 5.95 Å². The average Bonchev–Trinajstić information content (AvgIpc) is 3.46. The minimum Gasteiger partial charge on any atom is -0.450 e. The van der Waals surface area contributed by atoms with Gasteiger partial charge in [-0.05, 0) is 18.2 Å². The molecule has 3 aromatic rings. The molecule has 13 nitrogen and oxygen atoms in total. The quantitative estimate of drug-likeness (QED) is 0.168. The molecule has 2 amide bonds. The summed E-state index contributed by atoms with van der Waals surface area (Å²) in [5.74, 6) is -0.290. The Morgan fingerprint density at radius 2 is 1.93 bits per heavy atom. The molecular weight excluding hydrogens is 541 g/mol. The normalized spacial score (nSPS) is 20.9. The van der Waals surface area contributed by atoms with Gasteiger partial charge in [-0.3, -0.25) is 9.36 Å².